The van der Waals surface area contributed by atoms with Crippen LogP contribution in [-0.4, -0.2) is 25.1 Å². The molecule has 1 aliphatic carbocycles. The lowest BCUT2D eigenvalue weighted by molar-refractivity contribution is 0.238. The van der Waals surface area contributed by atoms with Crippen molar-refractivity contribution in [3.63, 3.8) is 0 Å². The second kappa shape index (κ2) is 3.80. The van der Waals surface area contributed by atoms with Crippen molar-refractivity contribution in [2.24, 2.45) is 0 Å². The molecule has 0 aromatic heterocycles. The highest BCUT2D eigenvalue weighted by Crippen LogP contribution is 2.22. The van der Waals surface area contributed by atoms with Crippen LogP contribution < -0.4 is 0 Å². The maximum Gasteiger partial charge on any atom is 0.131 e. The van der Waals surface area contributed by atoms with E-state index in [1.54, 1.807) is 0 Å². The van der Waals surface area contributed by atoms with Crippen LogP contribution in [0.2, 0.25) is 13.1 Å². The van der Waals surface area contributed by atoms with Crippen LogP contribution in [0.3, 0.4) is 0 Å². The Morgan fingerprint density at radius 2 is 1.54 bits per heavy atom. The molecule has 1 radical (unpaired) electrons. The lowest BCUT2D eigenvalue weighted by Gasteiger charge is -2.41. The van der Waals surface area contributed by atoms with E-state index in [9.17, 15) is 0 Å². The van der Waals surface area contributed by atoms with Crippen molar-refractivity contribution in [3.05, 3.63) is 24.3 Å². The van der Waals surface area contributed by atoms with Crippen molar-refractivity contribution >= 4 is 8.96 Å². The highest BCUT2D eigenvalue weighted by atomic mass is 28.3. The number of hydrogen-bond acceptors (Lipinski definition) is 1. The zero-order chi connectivity index (χ0) is 10.1. The van der Waals surface area contributed by atoms with E-state index in [-0.39, 0.29) is 14.5 Å². The third-order valence-electron chi connectivity index (χ3n) is 2.23. The van der Waals surface area contributed by atoms with E-state index in [2.05, 4.69) is 62.7 Å². The predicted molar refractivity (Wildman–Crippen MR) is 61.1 cm³/mol. The molecule has 0 heterocycles. The molecular formula is C11H20NSi. The van der Waals surface area contributed by atoms with Crippen molar-refractivity contribution in [1.29, 1.82) is 0 Å². The first-order valence-electron chi connectivity index (χ1n) is 4.87. The Labute approximate surface area is 83.8 Å². The fraction of sp³-hybridized carbons (Fsp3) is 0.636. The van der Waals surface area contributed by atoms with Gasteiger partial charge >= 0.3 is 0 Å². The van der Waals surface area contributed by atoms with Crippen LogP contribution >= 0.6 is 0 Å². The molecule has 0 spiro atoms. The van der Waals surface area contributed by atoms with Gasteiger partial charge in [0.15, 0.2) is 0 Å². The molecule has 13 heavy (non-hydrogen) atoms. The van der Waals surface area contributed by atoms with Crippen LogP contribution in [0.1, 0.15) is 20.8 Å². The van der Waals surface area contributed by atoms with E-state index in [4.69, 9.17) is 0 Å². The van der Waals surface area contributed by atoms with Crippen LogP contribution in [-0.2, 0) is 0 Å². The fourth-order valence-electron chi connectivity index (χ4n) is 2.01. The van der Waals surface area contributed by atoms with Gasteiger partial charge in [0.05, 0.1) is 0 Å². The van der Waals surface area contributed by atoms with Crippen molar-refractivity contribution in [1.82, 2.24) is 4.57 Å². The van der Waals surface area contributed by atoms with Crippen LogP contribution in [0.5, 0.6) is 0 Å². The Balaban J connectivity index is 2.80. The molecule has 0 amide bonds. The molecule has 0 bridgehead atoms. The molecule has 0 N–H and O–H groups in total. The molecule has 1 nitrogen and oxygen atoms in total. The first-order valence-corrected chi connectivity index (χ1v) is 7.32. The average molecular weight is 194 g/mol. The average Bonchev–Trinajstić information content (AvgIpc) is 2.34. The molecule has 0 aromatic rings. The Morgan fingerprint density at radius 1 is 1.08 bits per heavy atom. The van der Waals surface area contributed by atoms with E-state index < -0.39 is 0 Å². The van der Waals surface area contributed by atoms with E-state index >= 15 is 0 Å². The lowest BCUT2D eigenvalue weighted by Crippen LogP contribution is -2.52. The van der Waals surface area contributed by atoms with Gasteiger partial charge in [-0.25, -0.2) is 0 Å². The highest BCUT2D eigenvalue weighted by molar-refractivity contribution is 6.53. The van der Waals surface area contributed by atoms with Crippen molar-refractivity contribution in [3.8, 4) is 0 Å². The summed E-state index contributed by atoms with van der Waals surface area (Å²) in [7, 11) is -0.382. The van der Waals surface area contributed by atoms with Gasteiger partial charge in [0.25, 0.3) is 0 Å². The van der Waals surface area contributed by atoms with Crippen molar-refractivity contribution < 1.29 is 0 Å². The monoisotopic (exact) mass is 194 g/mol. The van der Waals surface area contributed by atoms with Gasteiger partial charge < -0.3 is 4.57 Å². The van der Waals surface area contributed by atoms with Gasteiger partial charge in [-0.15, -0.1) is 0 Å². The minimum Gasteiger partial charge on any atom is -0.311 e. The maximum atomic E-state index is 2.62. The lowest BCUT2D eigenvalue weighted by atomic mass is 10.1. The van der Waals surface area contributed by atoms with Crippen LogP contribution in [0.25, 0.3) is 0 Å². The van der Waals surface area contributed by atoms with Crippen LogP contribution in [0.15, 0.2) is 24.3 Å². The zero-order valence-corrected chi connectivity index (χ0v) is 10.3. The molecule has 73 valence electrons. The smallest absolute Gasteiger partial charge is 0.131 e. The number of allylic oxidation sites excluding steroid dienone is 2. The molecular weight excluding hydrogens is 174 g/mol. The van der Waals surface area contributed by atoms with Gasteiger partial charge in [0.2, 0.25) is 0 Å². The number of rotatable bonds is 2. The third kappa shape index (κ3) is 2.55. The largest absolute Gasteiger partial charge is 0.311 e. The van der Waals surface area contributed by atoms with Crippen LogP contribution in [0.4, 0.5) is 0 Å². The van der Waals surface area contributed by atoms with E-state index in [0.717, 1.165) is 0 Å². The predicted octanol–water partition coefficient (Wildman–Crippen LogP) is 2.83. The summed E-state index contributed by atoms with van der Waals surface area (Å²) in [4.78, 5) is 0. The SMILES string of the molecule is C[Si](C)N(C1C=CC=C1)C(C)(C)C. The molecule has 1 aliphatic rings. The molecule has 0 aliphatic heterocycles. The molecule has 0 saturated heterocycles. The van der Waals surface area contributed by atoms with Gasteiger partial charge in [0.1, 0.15) is 8.96 Å². The summed E-state index contributed by atoms with van der Waals surface area (Å²) >= 11 is 0. The third-order valence-corrected chi connectivity index (χ3v) is 4.16. The van der Waals surface area contributed by atoms with Gasteiger partial charge in [-0.3, -0.25) is 0 Å². The Morgan fingerprint density at radius 3 is 1.85 bits per heavy atom. The number of nitrogens with zero attached hydrogens (tertiary/aromatic N) is 1. The van der Waals surface area contributed by atoms with E-state index in [1.807, 2.05) is 0 Å². The van der Waals surface area contributed by atoms with Gasteiger partial charge in [0, 0.05) is 11.6 Å². The second-order valence-corrected chi connectivity index (χ2v) is 7.12. The summed E-state index contributed by atoms with van der Waals surface area (Å²) in [6.07, 6.45) is 8.86. The maximum absolute atomic E-state index is 2.62. The van der Waals surface area contributed by atoms with E-state index in [0.29, 0.717) is 6.04 Å². The normalized spacial score (nSPS) is 18.1. The van der Waals surface area contributed by atoms with Gasteiger partial charge in [-0.05, 0) is 20.8 Å². The first kappa shape index (κ1) is 10.7. The first-order chi connectivity index (χ1) is 5.93. The molecule has 1 rings (SSSR count). The quantitative estimate of drug-likeness (QED) is 0.611. The summed E-state index contributed by atoms with van der Waals surface area (Å²) in [5.74, 6) is 0. The Kier molecular flexibility index (Phi) is 3.14. The highest BCUT2D eigenvalue weighted by Gasteiger charge is 2.29. The van der Waals surface area contributed by atoms with Gasteiger partial charge in [-0.2, -0.15) is 0 Å². The molecule has 0 aromatic carbocycles. The standard InChI is InChI=1S/C11H20NSi/c1-11(2,3)12(13(4)5)10-8-6-7-9-10/h6-10H,1-5H3. The zero-order valence-electron chi connectivity index (χ0n) is 9.33. The summed E-state index contributed by atoms with van der Waals surface area (Å²) in [6, 6.07) is 0.531. The number of hydrogen-bond donors (Lipinski definition) is 0. The minimum atomic E-state index is -0.382. The van der Waals surface area contributed by atoms with E-state index in [1.165, 1.54) is 0 Å². The fourth-order valence-corrected chi connectivity index (χ4v) is 4.12. The summed E-state index contributed by atoms with van der Waals surface area (Å²) in [5.41, 5.74) is 0.279. The minimum absolute atomic E-state index is 0.279. The van der Waals surface area contributed by atoms with Crippen molar-refractivity contribution in [2.45, 2.75) is 45.4 Å². The Hall–Kier alpha value is -0.343. The summed E-state index contributed by atoms with van der Waals surface area (Å²) in [5, 5.41) is 0. The molecule has 2 heteroatoms. The topological polar surface area (TPSA) is 3.24 Å². The molecule has 0 fully saturated rings. The van der Waals surface area contributed by atoms with Gasteiger partial charge in [-0.1, -0.05) is 37.4 Å². The molecule has 0 unspecified atom stereocenters. The summed E-state index contributed by atoms with van der Waals surface area (Å²) < 4.78 is 2.62. The molecule has 0 atom stereocenters. The second-order valence-electron chi connectivity index (χ2n) is 4.75. The van der Waals surface area contributed by atoms with Crippen molar-refractivity contribution in [2.75, 3.05) is 0 Å². The van der Waals surface area contributed by atoms with Crippen LogP contribution in [0, 0.1) is 0 Å². The summed E-state index contributed by atoms with van der Waals surface area (Å²) in [6.45, 7) is 11.6. The Bertz CT molecular complexity index is 211. The molecule has 0 saturated carbocycles.